The van der Waals surface area contributed by atoms with E-state index in [0.29, 0.717) is 0 Å². The molecule has 0 spiro atoms. The van der Waals surface area contributed by atoms with E-state index in [1.807, 2.05) is 19.1 Å². The molecule has 1 unspecified atom stereocenters. The van der Waals surface area contributed by atoms with Crippen LogP contribution in [0.3, 0.4) is 0 Å². The zero-order chi connectivity index (χ0) is 7.56. The van der Waals surface area contributed by atoms with Gasteiger partial charge in [0, 0.05) is 0 Å². The number of terminal acetylenes is 1. The van der Waals surface area contributed by atoms with Crippen LogP contribution in [0.5, 0.6) is 0 Å². The largest absolute Gasteiger partial charge is 0.453 e. The predicted octanol–water partition coefficient (Wildman–Crippen LogP) is 2.78. The van der Waals surface area contributed by atoms with Crippen molar-refractivity contribution in [2.24, 2.45) is 0 Å². The average Bonchev–Trinajstić information content (AvgIpc) is 2.34. The van der Waals surface area contributed by atoms with Crippen LogP contribution < -0.4 is 0 Å². The Kier molecular flexibility index (Phi) is 2.18. The van der Waals surface area contributed by atoms with E-state index in [1.54, 1.807) is 0 Å². The Balaban J connectivity index is 2.87. The summed E-state index contributed by atoms with van der Waals surface area (Å²) in [5.41, 5.74) is 0. The highest BCUT2D eigenvalue weighted by Crippen LogP contribution is 2.20. The Hall–Kier alpha value is -0.680. The molecule has 0 aliphatic carbocycles. The van der Waals surface area contributed by atoms with Gasteiger partial charge < -0.3 is 4.42 Å². The molecule has 0 aromatic carbocycles. The van der Waals surface area contributed by atoms with Gasteiger partial charge in [-0.2, -0.15) is 0 Å². The van der Waals surface area contributed by atoms with Crippen molar-refractivity contribution in [3.8, 4) is 12.3 Å². The smallest absolute Gasteiger partial charge is 0.169 e. The Labute approximate surface area is 68.6 Å². The first kappa shape index (κ1) is 7.43. The second-order valence-corrected chi connectivity index (χ2v) is 2.81. The summed E-state index contributed by atoms with van der Waals surface area (Å²) >= 11 is 3.19. The minimum Gasteiger partial charge on any atom is -0.453 e. The summed E-state index contributed by atoms with van der Waals surface area (Å²) in [6, 6.07) is 3.71. The van der Waals surface area contributed by atoms with Crippen LogP contribution in [0.25, 0.3) is 0 Å². The molecule has 0 N–H and O–H groups in total. The molecule has 10 heavy (non-hydrogen) atoms. The van der Waals surface area contributed by atoms with Crippen molar-refractivity contribution in [3.63, 3.8) is 0 Å². The molecule has 0 fully saturated rings. The first-order valence-electron chi connectivity index (χ1n) is 2.95. The van der Waals surface area contributed by atoms with Crippen molar-refractivity contribution in [1.82, 2.24) is 0 Å². The van der Waals surface area contributed by atoms with Crippen molar-refractivity contribution in [3.05, 3.63) is 22.6 Å². The van der Waals surface area contributed by atoms with E-state index in [4.69, 9.17) is 10.8 Å². The third-order valence-corrected chi connectivity index (χ3v) is 1.70. The van der Waals surface area contributed by atoms with Gasteiger partial charge in [0.15, 0.2) is 4.67 Å². The van der Waals surface area contributed by atoms with Crippen LogP contribution in [0.4, 0.5) is 0 Å². The molecule has 0 aliphatic heterocycles. The van der Waals surface area contributed by atoms with E-state index in [-0.39, 0.29) is 5.92 Å². The molecule has 0 saturated carbocycles. The predicted molar refractivity (Wildman–Crippen MR) is 43.7 cm³/mol. The zero-order valence-electron chi connectivity index (χ0n) is 5.60. The Morgan fingerprint density at radius 1 is 1.70 bits per heavy atom. The number of hydrogen-bond donors (Lipinski definition) is 0. The molecule has 1 heterocycles. The fourth-order valence-corrected chi connectivity index (χ4v) is 0.962. The molecule has 52 valence electrons. The number of furan rings is 1. The number of halogens is 1. The Bertz CT molecular complexity index is 256. The van der Waals surface area contributed by atoms with Crippen LogP contribution in [-0.2, 0) is 0 Å². The van der Waals surface area contributed by atoms with E-state index >= 15 is 0 Å². The molecule has 1 aromatic heterocycles. The summed E-state index contributed by atoms with van der Waals surface area (Å²) in [5.74, 6) is 3.47. The average molecular weight is 199 g/mol. The van der Waals surface area contributed by atoms with Gasteiger partial charge in [-0.25, -0.2) is 0 Å². The maximum absolute atomic E-state index is 5.21. The van der Waals surface area contributed by atoms with E-state index < -0.39 is 0 Å². The molecule has 1 rings (SSSR count). The lowest BCUT2D eigenvalue weighted by molar-refractivity contribution is 0.482. The van der Waals surface area contributed by atoms with E-state index in [1.165, 1.54) is 0 Å². The minimum atomic E-state index is 0.0614. The van der Waals surface area contributed by atoms with Crippen LogP contribution in [0.2, 0.25) is 0 Å². The lowest BCUT2D eigenvalue weighted by atomic mass is 10.1. The molecule has 0 amide bonds. The quantitative estimate of drug-likeness (QED) is 0.633. The van der Waals surface area contributed by atoms with Crippen LogP contribution in [0, 0.1) is 12.3 Å². The third kappa shape index (κ3) is 1.43. The van der Waals surface area contributed by atoms with Gasteiger partial charge in [0.05, 0.1) is 5.92 Å². The molecule has 1 atom stereocenters. The van der Waals surface area contributed by atoms with Gasteiger partial charge in [-0.05, 0) is 35.0 Å². The van der Waals surface area contributed by atoms with Crippen molar-refractivity contribution < 1.29 is 4.42 Å². The highest BCUT2D eigenvalue weighted by Gasteiger charge is 2.04. The molecule has 0 bridgehead atoms. The Morgan fingerprint density at radius 3 is 2.80 bits per heavy atom. The summed E-state index contributed by atoms with van der Waals surface area (Å²) in [4.78, 5) is 0. The maximum atomic E-state index is 5.21. The molecular weight excluding hydrogens is 192 g/mol. The lowest BCUT2D eigenvalue weighted by Gasteiger charge is -1.95. The standard InChI is InChI=1S/C8H7BrO/c1-3-6(2)7-4-5-8(9)10-7/h1,4-6H,2H3. The van der Waals surface area contributed by atoms with Crippen molar-refractivity contribution in [1.29, 1.82) is 0 Å². The van der Waals surface area contributed by atoms with Gasteiger partial charge in [-0.1, -0.05) is 5.92 Å². The highest BCUT2D eigenvalue weighted by molar-refractivity contribution is 9.10. The fourth-order valence-electron chi connectivity index (χ4n) is 0.643. The molecule has 2 heteroatoms. The van der Waals surface area contributed by atoms with Crippen molar-refractivity contribution in [2.75, 3.05) is 0 Å². The van der Waals surface area contributed by atoms with Crippen LogP contribution in [0.15, 0.2) is 21.2 Å². The second-order valence-electron chi connectivity index (χ2n) is 2.03. The first-order chi connectivity index (χ1) is 4.74. The summed E-state index contributed by atoms with van der Waals surface area (Å²) in [5, 5.41) is 0. The van der Waals surface area contributed by atoms with Gasteiger partial charge in [0.1, 0.15) is 5.76 Å². The van der Waals surface area contributed by atoms with E-state index in [2.05, 4.69) is 21.9 Å². The fraction of sp³-hybridized carbons (Fsp3) is 0.250. The SMILES string of the molecule is C#CC(C)c1ccc(Br)o1. The molecule has 1 aromatic rings. The zero-order valence-corrected chi connectivity index (χ0v) is 7.18. The van der Waals surface area contributed by atoms with Gasteiger partial charge in [0.2, 0.25) is 0 Å². The van der Waals surface area contributed by atoms with Gasteiger partial charge in [-0.15, -0.1) is 6.42 Å². The minimum absolute atomic E-state index is 0.0614. The molecule has 0 radical (unpaired) electrons. The highest BCUT2D eigenvalue weighted by atomic mass is 79.9. The summed E-state index contributed by atoms with van der Waals surface area (Å²) in [6.07, 6.45) is 5.19. The third-order valence-electron chi connectivity index (χ3n) is 1.27. The van der Waals surface area contributed by atoms with Crippen LogP contribution in [0.1, 0.15) is 18.6 Å². The molecule has 0 aliphatic rings. The second kappa shape index (κ2) is 2.94. The topological polar surface area (TPSA) is 13.1 Å². The first-order valence-corrected chi connectivity index (χ1v) is 3.74. The maximum Gasteiger partial charge on any atom is 0.169 e. The Morgan fingerprint density at radius 2 is 2.40 bits per heavy atom. The lowest BCUT2D eigenvalue weighted by Crippen LogP contribution is -1.83. The van der Waals surface area contributed by atoms with Crippen LogP contribution in [-0.4, -0.2) is 0 Å². The molecule has 1 nitrogen and oxygen atoms in total. The number of hydrogen-bond acceptors (Lipinski definition) is 1. The monoisotopic (exact) mass is 198 g/mol. The number of rotatable bonds is 1. The molecular formula is C8H7BrO. The summed E-state index contributed by atoms with van der Waals surface area (Å²) in [7, 11) is 0. The van der Waals surface area contributed by atoms with Crippen LogP contribution >= 0.6 is 15.9 Å². The van der Waals surface area contributed by atoms with E-state index in [0.717, 1.165) is 10.4 Å². The summed E-state index contributed by atoms with van der Waals surface area (Å²) in [6.45, 7) is 1.92. The van der Waals surface area contributed by atoms with Gasteiger partial charge in [0.25, 0.3) is 0 Å². The normalized spacial score (nSPS) is 12.5. The van der Waals surface area contributed by atoms with Gasteiger partial charge in [-0.3, -0.25) is 0 Å². The van der Waals surface area contributed by atoms with E-state index in [9.17, 15) is 0 Å². The summed E-state index contributed by atoms with van der Waals surface area (Å²) < 4.78 is 5.94. The van der Waals surface area contributed by atoms with Gasteiger partial charge >= 0.3 is 0 Å². The van der Waals surface area contributed by atoms with Crippen molar-refractivity contribution in [2.45, 2.75) is 12.8 Å². The molecule has 0 saturated heterocycles. The van der Waals surface area contributed by atoms with Crippen molar-refractivity contribution >= 4 is 15.9 Å².